The van der Waals surface area contributed by atoms with Crippen molar-refractivity contribution in [3.8, 4) is 0 Å². The second-order valence-electron chi connectivity index (χ2n) is 6.28. The van der Waals surface area contributed by atoms with Crippen LogP contribution in [0.3, 0.4) is 0 Å². The molecule has 1 unspecified atom stereocenters. The Kier molecular flexibility index (Phi) is 4.86. The van der Waals surface area contributed by atoms with Gasteiger partial charge in [0.1, 0.15) is 0 Å². The third-order valence-electron chi connectivity index (χ3n) is 4.18. The first-order valence-corrected chi connectivity index (χ1v) is 7.51. The van der Waals surface area contributed by atoms with E-state index in [0.29, 0.717) is 19.7 Å². The van der Waals surface area contributed by atoms with E-state index in [1.165, 1.54) is 0 Å². The molecule has 1 aromatic carbocycles. The summed E-state index contributed by atoms with van der Waals surface area (Å²) in [6.07, 6.45) is -0.503. The number of aliphatic carboxylic acids is 1. The predicted octanol–water partition coefficient (Wildman–Crippen LogP) is 1.97. The fourth-order valence-electron chi connectivity index (χ4n) is 3.01. The first-order chi connectivity index (χ1) is 10.3. The summed E-state index contributed by atoms with van der Waals surface area (Å²) in [5.74, 6) is -0.891. The van der Waals surface area contributed by atoms with Gasteiger partial charge in [-0.25, -0.2) is 0 Å². The molecule has 1 atom stereocenters. The molecule has 5 nitrogen and oxygen atoms in total. The summed E-state index contributed by atoms with van der Waals surface area (Å²) in [4.78, 5) is 25.5. The zero-order chi connectivity index (χ0) is 16.3. The largest absolute Gasteiger partial charge is 0.481 e. The highest BCUT2D eigenvalue weighted by molar-refractivity contribution is 5.88. The van der Waals surface area contributed by atoms with E-state index in [-0.39, 0.29) is 12.3 Å². The van der Waals surface area contributed by atoms with Crippen molar-refractivity contribution in [1.82, 2.24) is 4.90 Å². The summed E-state index contributed by atoms with van der Waals surface area (Å²) < 4.78 is 5.44. The molecule has 0 spiro atoms. The normalized spacial score (nSPS) is 19.0. The van der Waals surface area contributed by atoms with Crippen molar-refractivity contribution in [3.63, 3.8) is 0 Å². The lowest BCUT2D eigenvalue weighted by atomic mass is 9.80. The van der Waals surface area contributed by atoms with E-state index in [1.807, 2.05) is 45.0 Å². The van der Waals surface area contributed by atoms with Crippen LogP contribution in [0, 0.1) is 6.92 Å². The summed E-state index contributed by atoms with van der Waals surface area (Å²) in [6.45, 7) is 7.05. The zero-order valence-electron chi connectivity index (χ0n) is 13.3. The molecule has 1 aliphatic heterocycles. The van der Waals surface area contributed by atoms with Crippen LogP contribution in [0.5, 0.6) is 0 Å². The number of rotatable bonds is 4. The van der Waals surface area contributed by atoms with Gasteiger partial charge in [0.15, 0.2) is 0 Å². The van der Waals surface area contributed by atoms with Gasteiger partial charge in [-0.15, -0.1) is 0 Å². The summed E-state index contributed by atoms with van der Waals surface area (Å²) in [6, 6.07) is 7.86. The van der Waals surface area contributed by atoms with Gasteiger partial charge in [0.05, 0.1) is 24.5 Å². The number of carboxylic acids is 1. The van der Waals surface area contributed by atoms with E-state index in [2.05, 4.69) is 0 Å². The Morgan fingerprint density at radius 2 is 2.05 bits per heavy atom. The number of carbonyl (C=O) groups excluding carboxylic acids is 1. The van der Waals surface area contributed by atoms with E-state index >= 15 is 0 Å². The molecule has 1 aromatic rings. The van der Waals surface area contributed by atoms with Crippen molar-refractivity contribution < 1.29 is 19.4 Å². The number of hydrogen-bond acceptors (Lipinski definition) is 3. The second-order valence-corrected chi connectivity index (χ2v) is 6.28. The second kappa shape index (κ2) is 6.48. The van der Waals surface area contributed by atoms with Crippen molar-refractivity contribution in [1.29, 1.82) is 0 Å². The Labute approximate surface area is 130 Å². The van der Waals surface area contributed by atoms with Gasteiger partial charge < -0.3 is 14.7 Å². The monoisotopic (exact) mass is 305 g/mol. The molecule has 120 valence electrons. The Hall–Kier alpha value is -1.88. The molecule has 0 saturated carbocycles. The van der Waals surface area contributed by atoms with E-state index in [0.717, 1.165) is 11.1 Å². The fourth-order valence-corrected chi connectivity index (χ4v) is 3.01. The zero-order valence-corrected chi connectivity index (χ0v) is 13.3. The minimum atomic E-state index is -0.905. The van der Waals surface area contributed by atoms with Gasteiger partial charge in [0.25, 0.3) is 0 Å². The van der Waals surface area contributed by atoms with Gasteiger partial charge in [0, 0.05) is 13.1 Å². The molecule has 1 amide bonds. The van der Waals surface area contributed by atoms with E-state index in [9.17, 15) is 9.59 Å². The number of amides is 1. The maximum atomic E-state index is 12.9. The summed E-state index contributed by atoms with van der Waals surface area (Å²) >= 11 is 0. The number of morpholine rings is 1. The quantitative estimate of drug-likeness (QED) is 0.923. The fraction of sp³-hybridized carbons (Fsp3) is 0.529. The molecule has 1 fully saturated rings. The predicted molar refractivity (Wildman–Crippen MR) is 82.8 cm³/mol. The van der Waals surface area contributed by atoms with Gasteiger partial charge in [-0.3, -0.25) is 9.59 Å². The number of aryl methyl sites for hydroxylation is 1. The summed E-state index contributed by atoms with van der Waals surface area (Å²) in [5, 5.41) is 8.88. The molecule has 5 heteroatoms. The van der Waals surface area contributed by atoms with Gasteiger partial charge in [-0.1, -0.05) is 24.3 Å². The van der Waals surface area contributed by atoms with Crippen LogP contribution >= 0.6 is 0 Å². The highest BCUT2D eigenvalue weighted by Gasteiger charge is 2.37. The molecule has 1 aliphatic rings. The molecule has 0 aliphatic carbocycles. The van der Waals surface area contributed by atoms with Crippen LogP contribution in [0.2, 0.25) is 0 Å². The lowest BCUT2D eigenvalue weighted by Gasteiger charge is -2.38. The molecule has 0 aromatic heterocycles. The molecular formula is C17H23NO4. The van der Waals surface area contributed by atoms with E-state index in [1.54, 1.807) is 4.90 Å². The average molecular weight is 305 g/mol. The molecule has 1 saturated heterocycles. The van der Waals surface area contributed by atoms with E-state index in [4.69, 9.17) is 9.84 Å². The SMILES string of the molecule is Cc1ccccc1C(C)(C)C(=O)N1CCOC(CC(=O)O)C1. The molecule has 22 heavy (non-hydrogen) atoms. The Bertz CT molecular complexity index is 568. The maximum absolute atomic E-state index is 12.9. The Balaban J connectivity index is 2.16. The van der Waals surface area contributed by atoms with Gasteiger partial charge in [0.2, 0.25) is 5.91 Å². The standard InChI is InChI=1S/C17H23NO4/c1-12-6-4-5-7-14(12)17(2,3)16(21)18-8-9-22-13(11-18)10-15(19)20/h4-7,13H,8-11H2,1-3H3,(H,19,20). The Morgan fingerprint density at radius 3 is 2.68 bits per heavy atom. The minimum absolute atomic E-state index is 0.0143. The van der Waals surface area contributed by atoms with Crippen LogP contribution in [-0.2, 0) is 19.7 Å². The molecule has 2 rings (SSSR count). The third kappa shape index (κ3) is 3.47. The lowest BCUT2D eigenvalue weighted by Crippen LogP contribution is -2.51. The van der Waals surface area contributed by atoms with E-state index < -0.39 is 17.5 Å². The van der Waals surface area contributed by atoms with Crippen LogP contribution in [0.25, 0.3) is 0 Å². The van der Waals surface area contributed by atoms with Gasteiger partial charge >= 0.3 is 5.97 Å². The van der Waals surface area contributed by atoms with Crippen molar-refractivity contribution in [2.24, 2.45) is 0 Å². The van der Waals surface area contributed by atoms with Crippen LogP contribution in [0.4, 0.5) is 0 Å². The molecule has 0 radical (unpaired) electrons. The van der Waals surface area contributed by atoms with Crippen LogP contribution < -0.4 is 0 Å². The van der Waals surface area contributed by atoms with Crippen molar-refractivity contribution in [2.75, 3.05) is 19.7 Å². The van der Waals surface area contributed by atoms with Crippen LogP contribution in [0.15, 0.2) is 24.3 Å². The Morgan fingerprint density at radius 1 is 1.36 bits per heavy atom. The summed E-state index contributed by atoms with van der Waals surface area (Å²) in [5.41, 5.74) is 1.44. The van der Waals surface area contributed by atoms with Gasteiger partial charge in [-0.05, 0) is 31.9 Å². The average Bonchev–Trinajstić information content (AvgIpc) is 2.46. The van der Waals surface area contributed by atoms with Crippen LogP contribution in [-0.4, -0.2) is 47.7 Å². The number of carboxylic acid groups (broad SMARTS) is 1. The smallest absolute Gasteiger partial charge is 0.306 e. The maximum Gasteiger partial charge on any atom is 0.306 e. The third-order valence-corrected chi connectivity index (χ3v) is 4.18. The highest BCUT2D eigenvalue weighted by atomic mass is 16.5. The number of benzene rings is 1. The van der Waals surface area contributed by atoms with Crippen molar-refractivity contribution >= 4 is 11.9 Å². The molecule has 0 bridgehead atoms. The number of hydrogen-bond donors (Lipinski definition) is 1. The van der Waals surface area contributed by atoms with Crippen molar-refractivity contribution in [2.45, 2.75) is 38.7 Å². The first-order valence-electron chi connectivity index (χ1n) is 7.51. The molecular weight excluding hydrogens is 282 g/mol. The topological polar surface area (TPSA) is 66.8 Å². The molecule has 1 N–H and O–H groups in total. The number of carbonyl (C=O) groups is 2. The van der Waals surface area contributed by atoms with Crippen LogP contribution in [0.1, 0.15) is 31.4 Å². The first kappa shape index (κ1) is 16.5. The number of nitrogens with zero attached hydrogens (tertiary/aromatic N) is 1. The molecule has 1 heterocycles. The number of ether oxygens (including phenoxy) is 1. The van der Waals surface area contributed by atoms with Gasteiger partial charge in [-0.2, -0.15) is 0 Å². The highest BCUT2D eigenvalue weighted by Crippen LogP contribution is 2.29. The minimum Gasteiger partial charge on any atom is -0.481 e. The van der Waals surface area contributed by atoms with Crippen molar-refractivity contribution in [3.05, 3.63) is 35.4 Å². The lowest BCUT2D eigenvalue weighted by molar-refractivity contribution is -0.150. The summed E-state index contributed by atoms with van der Waals surface area (Å²) in [7, 11) is 0.